The number of nitrogens with one attached hydrogen (secondary N) is 2. The Morgan fingerprint density at radius 3 is 2.91 bits per heavy atom. The van der Waals surface area contributed by atoms with Gasteiger partial charge in [-0.25, -0.2) is 0 Å². The van der Waals surface area contributed by atoms with Crippen LogP contribution in [0.3, 0.4) is 0 Å². The van der Waals surface area contributed by atoms with Crippen molar-refractivity contribution in [2.24, 2.45) is 12.0 Å². The van der Waals surface area contributed by atoms with Crippen LogP contribution in [0.15, 0.2) is 17.4 Å². The van der Waals surface area contributed by atoms with Gasteiger partial charge in [-0.1, -0.05) is 0 Å². The number of hydrogen-bond acceptors (Lipinski definition) is 4. The maximum Gasteiger partial charge on any atom is 0.191 e. The normalized spacial score (nSPS) is 20.0. The molecule has 7 heteroatoms. The molecule has 2 heterocycles. The Balaban J connectivity index is 1.95. The van der Waals surface area contributed by atoms with Crippen molar-refractivity contribution in [2.45, 2.75) is 31.9 Å². The average molecular weight is 322 g/mol. The van der Waals surface area contributed by atoms with Gasteiger partial charge >= 0.3 is 0 Å². The number of hydrogen-bond donors (Lipinski definition) is 2. The van der Waals surface area contributed by atoms with Crippen LogP contribution in [0.25, 0.3) is 0 Å². The van der Waals surface area contributed by atoms with E-state index < -0.39 is 0 Å². The van der Waals surface area contributed by atoms with Crippen molar-refractivity contribution < 1.29 is 4.74 Å². The average Bonchev–Trinajstić information content (AvgIpc) is 3.16. The largest absolute Gasteiger partial charge is 0.376 e. The van der Waals surface area contributed by atoms with Gasteiger partial charge < -0.3 is 20.3 Å². The van der Waals surface area contributed by atoms with Gasteiger partial charge in [0.05, 0.1) is 24.9 Å². The first-order valence-corrected chi connectivity index (χ1v) is 8.39. The molecule has 2 rings (SSSR count). The summed E-state index contributed by atoms with van der Waals surface area (Å²) in [6.45, 7) is 5.29. The highest BCUT2D eigenvalue weighted by molar-refractivity contribution is 5.79. The molecule has 0 bridgehead atoms. The van der Waals surface area contributed by atoms with Crippen LogP contribution in [0, 0.1) is 0 Å². The Labute approximate surface area is 139 Å². The second-order valence-corrected chi connectivity index (χ2v) is 6.16. The van der Waals surface area contributed by atoms with E-state index in [4.69, 9.17) is 9.73 Å². The van der Waals surface area contributed by atoms with Crippen LogP contribution < -0.4 is 10.6 Å². The molecule has 1 aromatic heterocycles. The summed E-state index contributed by atoms with van der Waals surface area (Å²) >= 11 is 0. The van der Waals surface area contributed by atoms with Crippen LogP contribution in [-0.4, -0.2) is 67.1 Å². The van der Waals surface area contributed by atoms with Gasteiger partial charge in [-0.15, -0.1) is 0 Å². The minimum Gasteiger partial charge on any atom is -0.376 e. The third kappa shape index (κ3) is 5.51. The van der Waals surface area contributed by atoms with Gasteiger partial charge in [0.15, 0.2) is 5.96 Å². The third-order valence-corrected chi connectivity index (χ3v) is 4.02. The number of aromatic nitrogens is 2. The molecule has 7 nitrogen and oxygen atoms in total. The minimum absolute atomic E-state index is 0.210. The lowest BCUT2D eigenvalue weighted by atomic mass is 10.1. The fourth-order valence-corrected chi connectivity index (χ4v) is 2.71. The highest BCUT2D eigenvalue weighted by atomic mass is 16.5. The summed E-state index contributed by atoms with van der Waals surface area (Å²) in [5, 5.41) is 11.0. The van der Waals surface area contributed by atoms with Crippen LogP contribution in [-0.2, 0) is 11.8 Å². The molecule has 1 aromatic rings. The zero-order valence-electron chi connectivity index (χ0n) is 14.7. The summed E-state index contributed by atoms with van der Waals surface area (Å²) in [7, 11) is 6.08. The molecule has 23 heavy (non-hydrogen) atoms. The van der Waals surface area contributed by atoms with Crippen molar-refractivity contribution >= 4 is 5.96 Å². The number of aliphatic imine (C=N–C) groups is 1. The smallest absolute Gasteiger partial charge is 0.191 e. The molecule has 2 unspecified atom stereocenters. The molecule has 130 valence electrons. The lowest BCUT2D eigenvalue weighted by molar-refractivity contribution is 0.114. The van der Waals surface area contributed by atoms with Crippen molar-refractivity contribution in [1.82, 2.24) is 25.3 Å². The predicted octanol–water partition coefficient (Wildman–Crippen LogP) is 0.757. The zero-order valence-corrected chi connectivity index (χ0v) is 14.7. The van der Waals surface area contributed by atoms with Crippen molar-refractivity contribution in [3.63, 3.8) is 0 Å². The fraction of sp³-hybridized carbons (Fsp3) is 0.750. The van der Waals surface area contributed by atoms with Gasteiger partial charge in [-0.05, 0) is 33.9 Å². The molecule has 0 amide bonds. The first kappa shape index (κ1) is 17.7. The maximum atomic E-state index is 5.65. The van der Waals surface area contributed by atoms with Crippen LogP contribution in [0.4, 0.5) is 0 Å². The third-order valence-electron chi connectivity index (χ3n) is 4.02. The molecule has 0 radical (unpaired) electrons. The van der Waals surface area contributed by atoms with E-state index in [9.17, 15) is 0 Å². The summed E-state index contributed by atoms with van der Waals surface area (Å²) in [6.07, 6.45) is 6.55. The van der Waals surface area contributed by atoms with Gasteiger partial charge in [0.1, 0.15) is 0 Å². The number of nitrogens with zero attached hydrogens (tertiary/aromatic N) is 4. The Bertz CT molecular complexity index is 493. The number of aryl methyl sites for hydroxylation is 1. The topological polar surface area (TPSA) is 66.7 Å². The second-order valence-electron chi connectivity index (χ2n) is 6.16. The molecular formula is C16H30N6O. The van der Waals surface area contributed by atoms with Crippen molar-refractivity contribution in [2.75, 3.05) is 40.3 Å². The van der Waals surface area contributed by atoms with Gasteiger partial charge in [-0.3, -0.25) is 9.67 Å². The first-order valence-electron chi connectivity index (χ1n) is 8.39. The lowest BCUT2D eigenvalue weighted by Crippen LogP contribution is -2.41. The van der Waals surface area contributed by atoms with Crippen LogP contribution >= 0.6 is 0 Å². The highest BCUT2D eigenvalue weighted by Crippen LogP contribution is 2.17. The van der Waals surface area contributed by atoms with E-state index in [1.165, 1.54) is 5.56 Å². The Morgan fingerprint density at radius 2 is 2.35 bits per heavy atom. The van der Waals surface area contributed by atoms with E-state index >= 15 is 0 Å². The van der Waals surface area contributed by atoms with E-state index in [-0.39, 0.29) is 6.04 Å². The first-order chi connectivity index (χ1) is 11.1. The van der Waals surface area contributed by atoms with Crippen molar-refractivity contribution in [3.8, 4) is 0 Å². The number of rotatable bonds is 7. The van der Waals surface area contributed by atoms with E-state index in [2.05, 4.69) is 41.7 Å². The van der Waals surface area contributed by atoms with E-state index in [1.54, 1.807) is 0 Å². The summed E-state index contributed by atoms with van der Waals surface area (Å²) in [5.74, 6) is 0.846. The molecule has 1 saturated heterocycles. The van der Waals surface area contributed by atoms with Crippen LogP contribution in [0.5, 0.6) is 0 Å². The van der Waals surface area contributed by atoms with Gasteiger partial charge in [0.25, 0.3) is 0 Å². The number of likely N-dealkylation sites (N-methyl/N-ethyl adjacent to an activating group) is 1. The summed E-state index contributed by atoms with van der Waals surface area (Å²) in [4.78, 5) is 6.91. The van der Waals surface area contributed by atoms with E-state index in [1.807, 2.05) is 24.1 Å². The molecule has 0 spiro atoms. The van der Waals surface area contributed by atoms with Crippen molar-refractivity contribution in [3.05, 3.63) is 18.0 Å². The predicted molar refractivity (Wildman–Crippen MR) is 92.6 cm³/mol. The number of guanidine groups is 1. The molecule has 0 aromatic carbocycles. The summed E-state index contributed by atoms with van der Waals surface area (Å²) in [6, 6.07) is 0.210. The molecule has 1 aliphatic heterocycles. The molecule has 2 atom stereocenters. The Kier molecular flexibility index (Phi) is 6.85. The van der Waals surface area contributed by atoms with Gasteiger partial charge in [0.2, 0.25) is 0 Å². The molecular weight excluding hydrogens is 292 g/mol. The zero-order chi connectivity index (χ0) is 16.7. The van der Waals surface area contributed by atoms with E-state index in [0.29, 0.717) is 12.6 Å². The minimum atomic E-state index is 0.210. The SMILES string of the molecule is CCNC(=NCC(c1cnn(C)c1)N(C)C)NCC1CCCO1. The Morgan fingerprint density at radius 1 is 1.52 bits per heavy atom. The molecule has 1 aliphatic rings. The van der Waals surface area contributed by atoms with Crippen LogP contribution in [0.2, 0.25) is 0 Å². The lowest BCUT2D eigenvalue weighted by Gasteiger charge is -2.22. The standard InChI is InChI=1S/C16H30N6O/c1-5-17-16(18-10-14-7-6-8-23-14)19-11-15(21(2)3)13-9-20-22(4)12-13/h9,12,14-15H,5-8,10-11H2,1-4H3,(H2,17,18,19). The highest BCUT2D eigenvalue weighted by Gasteiger charge is 2.17. The maximum absolute atomic E-state index is 5.65. The van der Waals surface area contributed by atoms with Gasteiger partial charge in [-0.2, -0.15) is 5.10 Å². The fourth-order valence-electron chi connectivity index (χ4n) is 2.71. The molecule has 1 fully saturated rings. The molecule has 0 saturated carbocycles. The number of ether oxygens (including phenoxy) is 1. The van der Waals surface area contributed by atoms with E-state index in [0.717, 1.165) is 38.5 Å². The monoisotopic (exact) mass is 322 g/mol. The van der Waals surface area contributed by atoms with Crippen LogP contribution in [0.1, 0.15) is 31.4 Å². The quantitative estimate of drug-likeness (QED) is 0.573. The molecule has 2 N–H and O–H groups in total. The summed E-state index contributed by atoms with van der Waals surface area (Å²) in [5.41, 5.74) is 1.18. The Hall–Kier alpha value is -1.60. The van der Waals surface area contributed by atoms with Crippen molar-refractivity contribution in [1.29, 1.82) is 0 Å². The molecule has 0 aliphatic carbocycles. The second kappa shape index (κ2) is 8.88. The van der Waals surface area contributed by atoms with Gasteiger partial charge in [0, 0.05) is 38.5 Å². The summed E-state index contributed by atoms with van der Waals surface area (Å²) < 4.78 is 7.48.